The van der Waals surface area contributed by atoms with E-state index in [0.717, 1.165) is 19.6 Å². The van der Waals surface area contributed by atoms with Gasteiger partial charge in [0.05, 0.1) is 0 Å². The SMILES string of the molecule is CCCCCCNCc1cn(CCC)c2ccccc12.Cl. The highest BCUT2D eigenvalue weighted by Gasteiger charge is 2.06. The summed E-state index contributed by atoms with van der Waals surface area (Å²) in [5.41, 5.74) is 2.81. The molecular weight excluding hydrogens is 280 g/mol. The second kappa shape index (κ2) is 9.86. The Kier molecular flexibility index (Phi) is 8.48. The number of aryl methyl sites for hydroxylation is 1. The Morgan fingerprint density at radius 2 is 1.81 bits per heavy atom. The molecule has 2 aromatic rings. The van der Waals surface area contributed by atoms with Crippen LogP contribution in [0.1, 0.15) is 51.5 Å². The van der Waals surface area contributed by atoms with Crippen molar-refractivity contribution in [2.75, 3.05) is 6.54 Å². The summed E-state index contributed by atoms with van der Waals surface area (Å²) >= 11 is 0. The maximum absolute atomic E-state index is 3.59. The molecule has 0 atom stereocenters. The topological polar surface area (TPSA) is 17.0 Å². The number of unbranched alkanes of at least 4 members (excludes halogenated alkanes) is 3. The second-order valence-electron chi connectivity index (χ2n) is 5.60. The predicted octanol–water partition coefficient (Wildman–Crippen LogP) is 5.14. The van der Waals surface area contributed by atoms with Gasteiger partial charge in [0.2, 0.25) is 0 Å². The lowest BCUT2D eigenvalue weighted by Crippen LogP contribution is -2.14. The molecule has 0 spiro atoms. The van der Waals surface area contributed by atoms with Crippen LogP contribution >= 0.6 is 12.4 Å². The number of fused-ring (bicyclic) bond motifs is 1. The van der Waals surface area contributed by atoms with Gasteiger partial charge >= 0.3 is 0 Å². The fourth-order valence-electron chi connectivity index (χ4n) is 2.79. The lowest BCUT2D eigenvalue weighted by Gasteiger charge is -2.03. The Morgan fingerprint density at radius 1 is 1.00 bits per heavy atom. The molecule has 0 aliphatic carbocycles. The molecule has 0 radical (unpaired) electrons. The van der Waals surface area contributed by atoms with E-state index in [9.17, 15) is 0 Å². The third-order valence-corrected chi connectivity index (χ3v) is 3.86. The highest BCUT2D eigenvalue weighted by Crippen LogP contribution is 2.21. The van der Waals surface area contributed by atoms with E-state index < -0.39 is 0 Å². The second-order valence-corrected chi connectivity index (χ2v) is 5.60. The molecule has 3 heteroatoms. The van der Waals surface area contributed by atoms with Crippen molar-refractivity contribution in [2.24, 2.45) is 0 Å². The van der Waals surface area contributed by atoms with E-state index >= 15 is 0 Å². The van der Waals surface area contributed by atoms with Gasteiger partial charge in [0, 0.05) is 30.2 Å². The van der Waals surface area contributed by atoms with E-state index in [2.05, 4.69) is 54.2 Å². The van der Waals surface area contributed by atoms with Gasteiger partial charge in [-0.2, -0.15) is 0 Å². The van der Waals surface area contributed by atoms with Gasteiger partial charge in [-0.05, 0) is 31.0 Å². The van der Waals surface area contributed by atoms with Gasteiger partial charge in [0.1, 0.15) is 0 Å². The molecular formula is C18H29ClN2. The molecule has 0 aliphatic rings. The predicted molar refractivity (Wildman–Crippen MR) is 95.3 cm³/mol. The van der Waals surface area contributed by atoms with E-state index in [4.69, 9.17) is 0 Å². The quantitative estimate of drug-likeness (QED) is 0.634. The molecule has 1 aromatic carbocycles. The van der Waals surface area contributed by atoms with Crippen LogP contribution in [0.3, 0.4) is 0 Å². The number of nitrogens with one attached hydrogen (secondary N) is 1. The Labute approximate surface area is 135 Å². The summed E-state index contributed by atoms with van der Waals surface area (Å²) in [5.74, 6) is 0. The maximum Gasteiger partial charge on any atom is 0.0483 e. The van der Waals surface area contributed by atoms with E-state index in [1.165, 1.54) is 48.6 Å². The fourth-order valence-corrected chi connectivity index (χ4v) is 2.79. The largest absolute Gasteiger partial charge is 0.347 e. The Bertz CT molecular complexity index is 519. The first-order valence-corrected chi connectivity index (χ1v) is 8.14. The first kappa shape index (κ1) is 18.1. The third kappa shape index (κ3) is 5.05. The third-order valence-electron chi connectivity index (χ3n) is 3.86. The van der Waals surface area contributed by atoms with E-state index in [1.807, 2.05) is 0 Å². The number of halogens is 1. The van der Waals surface area contributed by atoms with Crippen molar-refractivity contribution in [1.82, 2.24) is 9.88 Å². The summed E-state index contributed by atoms with van der Waals surface area (Å²) in [6.45, 7) is 7.73. The molecule has 0 saturated carbocycles. The molecule has 21 heavy (non-hydrogen) atoms. The Balaban J connectivity index is 0.00000220. The van der Waals surface area contributed by atoms with Crippen molar-refractivity contribution < 1.29 is 0 Å². The molecule has 2 rings (SSSR count). The number of nitrogens with zero attached hydrogens (tertiary/aromatic N) is 1. The van der Waals surface area contributed by atoms with Crippen LogP contribution in [0, 0.1) is 0 Å². The number of hydrogen-bond acceptors (Lipinski definition) is 1. The standard InChI is InChI=1S/C18H28N2.ClH/c1-3-5-6-9-12-19-14-16-15-20(13-4-2)18-11-8-7-10-17(16)18;/h7-8,10-11,15,19H,3-6,9,12-14H2,1-2H3;1H. The molecule has 1 heterocycles. The van der Waals surface area contributed by atoms with Crippen molar-refractivity contribution in [3.63, 3.8) is 0 Å². The zero-order chi connectivity index (χ0) is 14.2. The summed E-state index contributed by atoms with van der Waals surface area (Å²) in [6, 6.07) is 8.76. The van der Waals surface area contributed by atoms with Gasteiger partial charge in [-0.3, -0.25) is 0 Å². The Hall–Kier alpha value is -0.990. The molecule has 0 aliphatic heterocycles. The zero-order valence-corrected chi connectivity index (χ0v) is 14.2. The number of rotatable bonds is 9. The highest BCUT2D eigenvalue weighted by molar-refractivity contribution is 5.85. The minimum Gasteiger partial charge on any atom is -0.347 e. The summed E-state index contributed by atoms with van der Waals surface area (Å²) in [5, 5.41) is 5.00. The van der Waals surface area contributed by atoms with Crippen molar-refractivity contribution in [3.05, 3.63) is 36.0 Å². The van der Waals surface area contributed by atoms with Gasteiger partial charge in [0.25, 0.3) is 0 Å². The molecule has 0 fully saturated rings. The molecule has 1 aromatic heterocycles. The summed E-state index contributed by atoms with van der Waals surface area (Å²) < 4.78 is 2.39. The molecule has 0 bridgehead atoms. The van der Waals surface area contributed by atoms with Crippen LogP contribution in [-0.4, -0.2) is 11.1 Å². The Morgan fingerprint density at radius 3 is 2.57 bits per heavy atom. The summed E-state index contributed by atoms with van der Waals surface area (Å²) in [6.07, 6.45) is 8.82. The first-order chi connectivity index (χ1) is 9.86. The van der Waals surface area contributed by atoms with Crippen molar-refractivity contribution in [1.29, 1.82) is 0 Å². The van der Waals surface area contributed by atoms with Crippen LogP contribution in [0.4, 0.5) is 0 Å². The van der Waals surface area contributed by atoms with Gasteiger partial charge < -0.3 is 9.88 Å². The number of hydrogen-bond donors (Lipinski definition) is 1. The van der Waals surface area contributed by atoms with Gasteiger partial charge in [-0.25, -0.2) is 0 Å². The maximum atomic E-state index is 3.59. The van der Waals surface area contributed by atoms with E-state index in [-0.39, 0.29) is 12.4 Å². The minimum absolute atomic E-state index is 0. The smallest absolute Gasteiger partial charge is 0.0483 e. The normalized spacial score (nSPS) is 10.8. The fraction of sp³-hybridized carbons (Fsp3) is 0.556. The lowest BCUT2D eigenvalue weighted by molar-refractivity contribution is 0.597. The van der Waals surface area contributed by atoms with Crippen LogP contribution in [0.25, 0.3) is 10.9 Å². The van der Waals surface area contributed by atoms with Gasteiger partial charge in [-0.1, -0.05) is 51.3 Å². The molecule has 0 saturated heterocycles. The molecule has 0 amide bonds. The van der Waals surface area contributed by atoms with Crippen molar-refractivity contribution in [3.8, 4) is 0 Å². The van der Waals surface area contributed by atoms with Crippen LogP contribution in [0.2, 0.25) is 0 Å². The van der Waals surface area contributed by atoms with E-state index in [0.29, 0.717) is 0 Å². The van der Waals surface area contributed by atoms with Crippen LogP contribution in [-0.2, 0) is 13.1 Å². The van der Waals surface area contributed by atoms with E-state index in [1.54, 1.807) is 0 Å². The number of benzene rings is 1. The monoisotopic (exact) mass is 308 g/mol. The van der Waals surface area contributed by atoms with Crippen molar-refractivity contribution >= 4 is 23.3 Å². The average molecular weight is 309 g/mol. The molecule has 2 nitrogen and oxygen atoms in total. The lowest BCUT2D eigenvalue weighted by atomic mass is 10.1. The van der Waals surface area contributed by atoms with Gasteiger partial charge in [-0.15, -0.1) is 12.4 Å². The van der Waals surface area contributed by atoms with Crippen LogP contribution in [0.15, 0.2) is 30.5 Å². The first-order valence-electron chi connectivity index (χ1n) is 8.14. The van der Waals surface area contributed by atoms with Crippen molar-refractivity contribution in [2.45, 2.75) is 59.0 Å². The molecule has 1 N–H and O–H groups in total. The van der Waals surface area contributed by atoms with Crippen LogP contribution < -0.4 is 5.32 Å². The zero-order valence-electron chi connectivity index (χ0n) is 13.4. The summed E-state index contributed by atoms with van der Waals surface area (Å²) in [4.78, 5) is 0. The highest BCUT2D eigenvalue weighted by atomic mass is 35.5. The number of para-hydroxylation sites is 1. The molecule has 118 valence electrons. The summed E-state index contributed by atoms with van der Waals surface area (Å²) in [7, 11) is 0. The van der Waals surface area contributed by atoms with Gasteiger partial charge in [0.15, 0.2) is 0 Å². The molecule has 0 unspecified atom stereocenters. The number of aromatic nitrogens is 1. The average Bonchev–Trinajstić information content (AvgIpc) is 2.82. The minimum atomic E-state index is 0. The van der Waals surface area contributed by atoms with Crippen LogP contribution in [0.5, 0.6) is 0 Å².